The number of hydrogen-bond acceptors (Lipinski definition) is 8. The predicted octanol–water partition coefficient (Wildman–Crippen LogP) is 9.20. The van der Waals surface area contributed by atoms with E-state index < -0.39 is 11.2 Å². The Hall–Kier alpha value is -5.59. The van der Waals surface area contributed by atoms with Crippen LogP contribution in [0.4, 0.5) is 0 Å². The molecule has 5 rings (SSSR count). The molecule has 0 saturated carbocycles. The van der Waals surface area contributed by atoms with Gasteiger partial charge in [-0.25, -0.2) is 15.3 Å². The SMILES string of the molecule is C=C(c1ccc(C(=O)O)cc1)c1cc2c(cc1C)C(C)(C)C=CC2(C)C.CNOC.CON(C)C(=O)c1ccc(C#N)cc1.Cl.N#Cc1ccc(C(=O)Cl)cc1. The van der Waals surface area contributed by atoms with Gasteiger partial charge in [0.25, 0.3) is 11.1 Å². The third-order valence-corrected chi connectivity index (χ3v) is 8.96. The number of carboxylic acids is 1. The number of carboxylic acid groups (broad SMARTS) is 1. The molecule has 1 aliphatic rings. The highest BCUT2D eigenvalue weighted by atomic mass is 35.5. The molecule has 10 nitrogen and oxygen atoms in total. The highest BCUT2D eigenvalue weighted by molar-refractivity contribution is 6.67. The number of fused-ring (bicyclic) bond motifs is 1. The smallest absolute Gasteiger partial charge is 0.335 e. The molecule has 0 spiro atoms. The Labute approximate surface area is 340 Å². The molecule has 0 saturated heterocycles. The summed E-state index contributed by atoms with van der Waals surface area (Å²) in [4.78, 5) is 42.1. The van der Waals surface area contributed by atoms with E-state index in [1.165, 1.54) is 43.0 Å². The van der Waals surface area contributed by atoms with Gasteiger partial charge in [0.2, 0.25) is 0 Å². The van der Waals surface area contributed by atoms with E-state index in [1.54, 1.807) is 62.7 Å². The number of hydrogen-bond donors (Lipinski definition) is 2. The first-order chi connectivity index (χ1) is 25.9. The standard InChI is InChI=1S/C24H26O2.C10H10N2O2.C8H4ClNO.C2H7NO.ClH/c1-15-13-20-21(24(5,6)12-11-23(20,3)4)14-19(15)16(2)17-7-9-18(10-8-17)22(25)26;1-12(14-2)10(13)9-5-3-8(7-11)4-6-9;9-8(11)7-3-1-6(5-10)2-4-7;1-3-4-2;/h7-14H,2H2,1,3-6H3,(H,25,26);3-6H,1-2H3;1-4H;3H,1-2H3;1H. The highest BCUT2D eigenvalue weighted by Gasteiger charge is 2.33. The van der Waals surface area contributed by atoms with Gasteiger partial charge in [-0.15, -0.1) is 12.4 Å². The van der Waals surface area contributed by atoms with Gasteiger partial charge in [-0.3, -0.25) is 14.4 Å². The fourth-order valence-electron chi connectivity index (χ4n) is 5.29. The molecule has 0 bridgehead atoms. The van der Waals surface area contributed by atoms with Crippen LogP contribution in [0.3, 0.4) is 0 Å². The van der Waals surface area contributed by atoms with Crippen molar-refractivity contribution in [3.8, 4) is 12.1 Å². The lowest BCUT2D eigenvalue weighted by Gasteiger charge is -2.37. The van der Waals surface area contributed by atoms with Crippen LogP contribution in [0, 0.1) is 29.6 Å². The molecule has 0 heterocycles. The molecule has 1 aliphatic carbocycles. The molecule has 0 aliphatic heterocycles. The second-order valence-electron chi connectivity index (χ2n) is 13.4. The third-order valence-electron chi connectivity index (χ3n) is 8.74. The van der Waals surface area contributed by atoms with Crippen LogP contribution in [0.1, 0.15) is 97.7 Å². The molecule has 0 aromatic heterocycles. The fourth-order valence-corrected chi connectivity index (χ4v) is 5.42. The van der Waals surface area contributed by atoms with Crippen molar-refractivity contribution in [1.29, 1.82) is 10.5 Å². The zero-order valence-corrected chi connectivity index (χ0v) is 34.6. The molecule has 294 valence electrons. The fraction of sp³-hybridized carbons (Fsp3) is 0.250. The van der Waals surface area contributed by atoms with Crippen molar-refractivity contribution in [2.24, 2.45) is 0 Å². The largest absolute Gasteiger partial charge is 0.478 e. The number of allylic oxidation sites excluding steroid dienone is 2. The summed E-state index contributed by atoms with van der Waals surface area (Å²) >= 11 is 5.18. The Balaban J connectivity index is 0.000000439. The number of hydroxylamine groups is 3. The molecule has 4 aromatic rings. The molecular weight excluding hydrogens is 751 g/mol. The summed E-state index contributed by atoms with van der Waals surface area (Å²) in [5, 5.41) is 26.7. The molecule has 0 unspecified atom stereocenters. The summed E-state index contributed by atoms with van der Waals surface area (Å²) in [6.07, 6.45) is 4.59. The van der Waals surface area contributed by atoms with Gasteiger partial charge in [0, 0.05) is 36.1 Å². The third kappa shape index (κ3) is 13.3. The number of nitrogens with one attached hydrogen (secondary N) is 1. The van der Waals surface area contributed by atoms with Crippen molar-refractivity contribution in [2.45, 2.75) is 45.4 Å². The molecule has 56 heavy (non-hydrogen) atoms. The Bertz CT molecular complexity index is 2090. The van der Waals surface area contributed by atoms with E-state index in [0.717, 1.165) is 21.8 Å². The predicted molar refractivity (Wildman–Crippen MR) is 223 cm³/mol. The van der Waals surface area contributed by atoms with Crippen LogP contribution in [-0.2, 0) is 20.5 Å². The lowest BCUT2D eigenvalue weighted by Crippen LogP contribution is -2.29. The second-order valence-corrected chi connectivity index (χ2v) is 13.7. The second kappa shape index (κ2) is 22.1. The number of rotatable bonds is 7. The number of nitrogens with zero attached hydrogens (tertiary/aromatic N) is 3. The van der Waals surface area contributed by atoms with E-state index in [9.17, 15) is 14.4 Å². The van der Waals surface area contributed by atoms with Crippen LogP contribution in [0.25, 0.3) is 5.57 Å². The topological polar surface area (TPSA) is 153 Å². The molecule has 2 N–H and O–H groups in total. The average molecular weight is 800 g/mol. The van der Waals surface area contributed by atoms with Gasteiger partial charge in [-0.1, -0.05) is 64.6 Å². The Morgan fingerprint density at radius 1 is 0.768 bits per heavy atom. The van der Waals surface area contributed by atoms with E-state index in [0.29, 0.717) is 22.3 Å². The van der Waals surface area contributed by atoms with E-state index in [4.69, 9.17) is 32.1 Å². The number of amides is 1. The molecule has 12 heteroatoms. The van der Waals surface area contributed by atoms with Crippen LogP contribution in [0.15, 0.2) is 104 Å². The van der Waals surface area contributed by atoms with E-state index in [2.05, 4.69) is 75.8 Å². The highest BCUT2D eigenvalue weighted by Crippen LogP contribution is 2.43. The minimum absolute atomic E-state index is 0. The van der Waals surface area contributed by atoms with Crippen LogP contribution in [0.2, 0.25) is 0 Å². The molecular formula is C44H48Cl2N4O6. The quantitative estimate of drug-likeness (QED) is 0.106. The maximum absolute atomic E-state index is 11.5. The van der Waals surface area contributed by atoms with Crippen molar-refractivity contribution in [2.75, 3.05) is 28.3 Å². The number of carbonyl (C=O) groups excluding carboxylic acids is 2. The zero-order chi connectivity index (χ0) is 41.5. The van der Waals surface area contributed by atoms with Crippen molar-refractivity contribution in [1.82, 2.24) is 10.5 Å². The van der Waals surface area contributed by atoms with Crippen molar-refractivity contribution < 1.29 is 29.2 Å². The number of carbonyl (C=O) groups is 3. The van der Waals surface area contributed by atoms with Crippen LogP contribution in [0.5, 0.6) is 0 Å². The van der Waals surface area contributed by atoms with E-state index in [-0.39, 0.29) is 34.7 Å². The summed E-state index contributed by atoms with van der Waals surface area (Å²) in [7, 11) is 6.22. The van der Waals surface area contributed by atoms with Gasteiger partial charge in [0.1, 0.15) is 0 Å². The Kier molecular flexibility index (Phi) is 19.1. The first-order valence-corrected chi connectivity index (χ1v) is 17.4. The van der Waals surface area contributed by atoms with Gasteiger partial charge < -0.3 is 9.94 Å². The first kappa shape index (κ1) is 48.4. The molecule has 0 fully saturated rings. The van der Waals surface area contributed by atoms with Gasteiger partial charge in [-0.2, -0.15) is 10.5 Å². The lowest BCUT2D eigenvalue weighted by atomic mass is 9.67. The van der Waals surface area contributed by atoms with Crippen LogP contribution < -0.4 is 5.48 Å². The van der Waals surface area contributed by atoms with Crippen LogP contribution in [-0.4, -0.2) is 55.6 Å². The molecule has 1 amide bonds. The summed E-state index contributed by atoms with van der Waals surface area (Å²) in [6, 6.07) is 27.9. The summed E-state index contributed by atoms with van der Waals surface area (Å²) in [6.45, 7) is 15.4. The normalized spacial score (nSPS) is 12.4. The van der Waals surface area contributed by atoms with E-state index in [1.807, 2.05) is 24.3 Å². The maximum Gasteiger partial charge on any atom is 0.335 e. The summed E-state index contributed by atoms with van der Waals surface area (Å²) in [5.41, 5.74) is 11.5. The Morgan fingerprint density at radius 2 is 1.16 bits per heavy atom. The molecule has 0 atom stereocenters. The van der Waals surface area contributed by atoms with Gasteiger partial charge >= 0.3 is 5.97 Å². The van der Waals surface area contributed by atoms with Crippen molar-refractivity contribution >= 4 is 46.7 Å². The van der Waals surface area contributed by atoms with Gasteiger partial charge in [0.15, 0.2) is 0 Å². The average Bonchev–Trinajstić information content (AvgIpc) is 3.19. The summed E-state index contributed by atoms with van der Waals surface area (Å²) in [5.74, 6) is -1.15. The van der Waals surface area contributed by atoms with Gasteiger partial charge in [-0.05, 0) is 119 Å². The minimum Gasteiger partial charge on any atom is -0.478 e. The Morgan fingerprint density at radius 3 is 1.54 bits per heavy atom. The van der Waals surface area contributed by atoms with Crippen LogP contribution >= 0.6 is 24.0 Å². The molecule has 0 radical (unpaired) electrons. The number of aryl methyl sites for hydroxylation is 1. The zero-order valence-electron chi connectivity index (χ0n) is 33.1. The van der Waals surface area contributed by atoms with E-state index >= 15 is 0 Å². The maximum atomic E-state index is 11.5. The van der Waals surface area contributed by atoms with Crippen molar-refractivity contribution in [3.63, 3.8) is 0 Å². The summed E-state index contributed by atoms with van der Waals surface area (Å²) < 4.78 is 0. The lowest BCUT2D eigenvalue weighted by molar-refractivity contribution is -0.0756. The van der Waals surface area contributed by atoms with Gasteiger partial charge in [0.05, 0.1) is 43.0 Å². The van der Waals surface area contributed by atoms with Crippen molar-refractivity contribution in [3.05, 3.63) is 159 Å². The monoisotopic (exact) mass is 798 g/mol. The number of benzene rings is 4. The number of halogens is 2. The number of nitriles is 2. The minimum atomic E-state index is -0.914. The molecule has 4 aromatic carbocycles. The number of aromatic carboxylic acids is 1. The first-order valence-electron chi connectivity index (χ1n) is 17.0.